The van der Waals surface area contributed by atoms with Crippen molar-refractivity contribution in [1.29, 1.82) is 0 Å². The van der Waals surface area contributed by atoms with Crippen LogP contribution >= 0.6 is 0 Å². The minimum Gasteiger partial charge on any atom is -0.326 e. The standard InChI is InChI=1S/C16H18N2/c17-10-12-3-1-4-13(9-12)15-6-2-5-14-11-18-8-7-16(14)15/h1-6,9,18H,7-8,10-11,17H2. The topological polar surface area (TPSA) is 38.0 Å². The lowest BCUT2D eigenvalue weighted by molar-refractivity contribution is 0.645. The van der Waals surface area contributed by atoms with Crippen LogP contribution in [0.2, 0.25) is 0 Å². The second-order valence-corrected chi connectivity index (χ2v) is 4.77. The zero-order valence-corrected chi connectivity index (χ0v) is 10.4. The Bertz CT molecular complexity index is 561. The van der Waals surface area contributed by atoms with Crippen molar-refractivity contribution in [3.05, 3.63) is 59.2 Å². The molecule has 0 spiro atoms. The summed E-state index contributed by atoms with van der Waals surface area (Å²) in [5.74, 6) is 0. The Balaban J connectivity index is 2.10. The van der Waals surface area contributed by atoms with Gasteiger partial charge in [0.2, 0.25) is 0 Å². The van der Waals surface area contributed by atoms with Crippen LogP contribution in [0.1, 0.15) is 16.7 Å². The molecule has 2 heteroatoms. The number of rotatable bonds is 2. The molecule has 1 heterocycles. The van der Waals surface area contributed by atoms with Crippen LogP contribution in [0.15, 0.2) is 42.5 Å². The molecule has 1 aliphatic rings. The molecule has 0 saturated carbocycles. The molecule has 2 nitrogen and oxygen atoms in total. The Labute approximate surface area is 108 Å². The molecule has 0 fully saturated rings. The molecule has 18 heavy (non-hydrogen) atoms. The summed E-state index contributed by atoms with van der Waals surface area (Å²) in [7, 11) is 0. The third kappa shape index (κ3) is 2.05. The highest BCUT2D eigenvalue weighted by Crippen LogP contribution is 2.28. The van der Waals surface area contributed by atoms with Crippen LogP contribution in [0.5, 0.6) is 0 Å². The lowest BCUT2D eigenvalue weighted by atomic mass is 9.91. The van der Waals surface area contributed by atoms with Crippen molar-refractivity contribution in [3.63, 3.8) is 0 Å². The van der Waals surface area contributed by atoms with Crippen molar-refractivity contribution < 1.29 is 0 Å². The lowest BCUT2D eigenvalue weighted by Gasteiger charge is -2.20. The Kier molecular flexibility index (Phi) is 3.13. The van der Waals surface area contributed by atoms with Gasteiger partial charge in [-0.1, -0.05) is 36.4 Å². The van der Waals surface area contributed by atoms with E-state index in [1.807, 2.05) is 0 Å². The van der Waals surface area contributed by atoms with Gasteiger partial charge in [-0.15, -0.1) is 0 Å². The van der Waals surface area contributed by atoms with Crippen LogP contribution in [0.3, 0.4) is 0 Å². The van der Waals surface area contributed by atoms with E-state index in [4.69, 9.17) is 5.73 Å². The van der Waals surface area contributed by atoms with Gasteiger partial charge in [-0.3, -0.25) is 0 Å². The van der Waals surface area contributed by atoms with Crippen LogP contribution in [-0.4, -0.2) is 6.54 Å². The van der Waals surface area contributed by atoms with E-state index in [1.54, 1.807) is 0 Å². The first-order valence-corrected chi connectivity index (χ1v) is 6.49. The van der Waals surface area contributed by atoms with Crippen molar-refractivity contribution in [1.82, 2.24) is 5.32 Å². The molecule has 0 unspecified atom stereocenters. The van der Waals surface area contributed by atoms with E-state index in [9.17, 15) is 0 Å². The first-order valence-electron chi connectivity index (χ1n) is 6.49. The fourth-order valence-corrected chi connectivity index (χ4v) is 2.67. The van der Waals surface area contributed by atoms with Crippen LogP contribution in [0.4, 0.5) is 0 Å². The van der Waals surface area contributed by atoms with Crippen molar-refractivity contribution in [2.45, 2.75) is 19.5 Å². The summed E-state index contributed by atoms with van der Waals surface area (Å²) in [4.78, 5) is 0. The van der Waals surface area contributed by atoms with Crippen molar-refractivity contribution in [2.24, 2.45) is 5.73 Å². The van der Waals surface area contributed by atoms with E-state index in [-0.39, 0.29) is 0 Å². The van der Waals surface area contributed by atoms with Gasteiger partial charge in [0.25, 0.3) is 0 Å². The van der Waals surface area contributed by atoms with Crippen molar-refractivity contribution >= 4 is 0 Å². The van der Waals surface area contributed by atoms with Gasteiger partial charge in [0.05, 0.1) is 0 Å². The summed E-state index contributed by atoms with van der Waals surface area (Å²) in [5.41, 5.74) is 12.5. The second kappa shape index (κ2) is 4.92. The molecule has 1 aliphatic heterocycles. The molecule has 0 bridgehead atoms. The number of nitrogens with two attached hydrogens (primary N) is 1. The second-order valence-electron chi connectivity index (χ2n) is 4.77. The molecule has 0 aliphatic carbocycles. The molecular formula is C16H18N2. The lowest BCUT2D eigenvalue weighted by Crippen LogP contribution is -2.24. The van der Waals surface area contributed by atoms with Gasteiger partial charge in [0.15, 0.2) is 0 Å². The number of benzene rings is 2. The number of fused-ring (bicyclic) bond motifs is 1. The van der Waals surface area contributed by atoms with E-state index >= 15 is 0 Å². The highest BCUT2D eigenvalue weighted by atomic mass is 14.9. The fraction of sp³-hybridized carbons (Fsp3) is 0.250. The first-order chi connectivity index (χ1) is 8.88. The predicted octanol–water partition coefficient (Wildman–Crippen LogP) is 2.46. The minimum absolute atomic E-state index is 0.602. The largest absolute Gasteiger partial charge is 0.326 e. The third-order valence-electron chi connectivity index (χ3n) is 3.61. The molecule has 3 rings (SSSR count). The van der Waals surface area contributed by atoms with Gasteiger partial charge in [0, 0.05) is 13.1 Å². The zero-order valence-electron chi connectivity index (χ0n) is 10.4. The fourth-order valence-electron chi connectivity index (χ4n) is 2.67. The molecule has 3 N–H and O–H groups in total. The van der Waals surface area contributed by atoms with Gasteiger partial charge in [-0.05, 0) is 46.8 Å². The smallest absolute Gasteiger partial charge is 0.0208 e. The van der Waals surface area contributed by atoms with Gasteiger partial charge in [0.1, 0.15) is 0 Å². The average molecular weight is 238 g/mol. The van der Waals surface area contributed by atoms with Crippen molar-refractivity contribution in [2.75, 3.05) is 6.54 Å². The summed E-state index contributed by atoms with van der Waals surface area (Å²) in [5, 5.41) is 3.42. The monoisotopic (exact) mass is 238 g/mol. The van der Waals surface area contributed by atoms with Crippen LogP contribution in [0, 0.1) is 0 Å². The maximum absolute atomic E-state index is 5.72. The normalized spacial score (nSPS) is 14.3. The Morgan fingerprint density at radius 1 is 1.11 bits per heavy atom. The SMILES string of the molecule is NCc1cccc(-c2cccc3c2CCNC3)c1. The minimum atomic E-state index is 0.602. The maximum atomic E-state index is 5.72. The van der Waals surface area contributed by atoms with Crippen LogP contribution in [-0.2, 0) is 19.5 Å². The van der Waals surface area contributed by atoms with E-state index in [0.29, 0.717) is 6.54 Å². The molecule has 2 aromatic carbocycles. The van der Waals surface area contributed by atoms with E-state index < -0.39 is 0 Å². The third-order valence-corrected chi connectivity index (χ3v) is 3.61. The predicted molar refractivity (Wildman–Crippen MR) is 75.2 cm³/mol. The Morgan fingerprint density at radius 3 is 2.89 bits per heavy atom. The number of nitrogens with one attached hydrogen (secondary N) is 1. The number of hydrogen-bond acceptors (Lipinski definition) is 2. The summed E-state index contributed by atoms with van der Waals surface area (Å²) in [6.07, 6.45) is 1.11. The molecule has 0 radical (unpaired) electrons. The quantitative estimate of drug-likeness (QED) is 0.843. The van der Waals surface area contributed by atoms with Crippen LogP contribution < -0.4 is 11.1 Å². The average Bonchev–Trinajstić information content (AvgIpc) is 2.47. The van der Waals surface area contributed by atoms with Gasteiger partial charge in [-0.25, -0.2) is 0 Å². The van der Waals surface area contributed by atoms with E-state index in [2.05, 4.69) is 47.8 Å². The molecule has 0 saturated heterocycles. The summed E-state index contributed by atoms with van der Waals surface area (Å²) >= 11 is 0. The maximum Gasteiger partial charge on any atom is 0.0208 e. The Hall–Kier alpha value is -1.64. The van der Waals surface area contributed by atoms with E-state index in [0.717, 1.165) is 19.5 Å². The van der Waals surface area contributed by atoms with E-state index in [1.165, 1.54) is 27.8 Å². The van der Waals surface area contributed by atoms with Gasteiger partial charge in [-0.2, -0.15) is 0 Å². The molecule has 92 valence electrons. The highest BCUT2D eigenvalue weighted by Gasteiger charge is 2.13. The molecule has 0 atom stereocenters. The summed E-state index contributed by atoms with van der Waals surface area (Å²) < 4.78 is 0. The van der Waals surface area contributed by atoms with Crippen LogP contribution in [0.25, 0.3) is 11.1 Å². The molecular weight excluding hydrogens is 220 g/mol. The summed E-state index contributed by atoms with van der Waals surface area (Å²) in [6.45, 7) is 2.66. The number of hydrogen-bond donors (Lipinski definition) is 2. The first kappa shape index (κ1) is 11.5. The van der Waals surface area contributed by atoms with Gasteiger partial charge < -0.3 is 11.1 Å². The molecule has 0 aromatic heterocycles. The zero-order chi connectivity index (χ0) is 12.4. The summed E-state index contributed by atoms with van der Waals surface area (Å²) in [6, 6.07) is 15.2. The van der Waals surface area contributed by atoms with Crippen molar-refractivity contribution in [3.8, 4) is 11.1 Å². The molecule has 0 amide bonds. The van der Waals surface area contributed by atoms with Gasteiger partial charge >= 0.3 is 0 Å². The molecule has 2 aromatic rings. The highest BCUT2D eigenvalue weighted by molar-refractivity contribution is 5.69. The Morgan fingerprint density at radius 2 is 2.00 bits per heavy atom.